The summed E-state index contributed by atoms with van der Waals surface area (Å²) < 4.78 is 20.9. The predicted molar refractivity (Wildman–Crippen MR) is 270 cm³/mol. The molecular weight excluding hydrogens is 905 g/mol. The maximum absolute atomic E-state index is 14.5. The summed E-state index contributed by atoms with van der Waals surface area (Å²) in [5.74, 6) is -1.05. The van der Waals surface area contributed by atoms with Crippen molar-refractivity contribution < 1.29 is 43.9 Å². The average molecular weight is 963 g/mol. The van der Waals surface area contributed by atoms with Gasteiger partial charge in [-0.3, -0.25) is 25.0 Å². The van der Waals surface area contributed by atoms with Gasteiger partial charge < -0.3 is 34.2 Å². The van der Waals surface area contributed by atoms with Crippen LogP contribution in [-0.2, 0) is 21.0 Å². The van der Waals surface area contributed by atoms with Gasteiger partial charge in [-0.2, -0.15) is 0 Å². The molecule has 8 rings (SSSR count). The van der Waals surface area contributed by atoms with Crippen molar-refractivity contribution in [1.82, 2.24) is 4.90 Å². The van der Waals surface area contributed by atoms with Gasteiger partial charge in [0.05, 0.1) is 28.1 Å². The minimum absolute atomic E-state index is 0.00839. The molecule has 0 spiro atoms. The first kappa shape index (κ1) is 49.9. The quantitative estimate of drug-likeness (QED) is 0.0220. The fraction of sp³-hybridized carbons (Fsp3) is 0.321. The standard InChI is InChI=1S/C56H58N4O11/c1-3-33-68-56-52(58(2)53(63)30-19-38-15-22-43(23-16-38)59(64)65)36-50(57-69-37-39-17-24-44(25-18-39)60(66)67)48-34-42(13-7-9-31-61)47(14-8-10-32-62)54(55(48)56)49-35-46(28-29-51(49)71-56)70-45-26-20-41(21-27-45)40-11-5-4-6-12-40/h3-6,11-12,15-30,34-35,42,47,52,54-55,61-62H,1,7-10,13-14,31-33,36-37H2,2H3. The number of nitrogens with zero attached hydrogens (tertiary/aromatic N) is 4. The van der Waals surface area contributed by atoms with E-state index in [1.165, 1.54) is 30.3 Å². The summed E-state index contributed by atoms with van der Waals surface area (Å²) in [6, 6.07) is 35.0. The molecule has 15 nitrogen and oxygen atoms in total. The van der Waals surface area contributed by atoms with Crippen LogP contribution < -0.4 is 9.47 Å². The van der Waals surface area contributed by atoms with Crippen LogP contribution in [0.1, 0.15) is 67.6 Å². The van der Waals surface area contributed by atoms with Crippen LogP contribution in [-0.4, -0.2) is 75.3 Å². The summed E-state index contributed by atoms with van der Waals surface area (Å²) >= 11 is 0. The molecular formula is C56H58N4O11. The number of ether oxygens (including phenoxy) is 3. The van der Waals surface area contributed by atoms with Crippen LogP contribution in [0, 0.1) is 38.0 Å². The minimum atomic E-state index is -1.51. The molecule has 71 heavy (non-hydrogen) atoms. The van der Waals surface area contributed by atoms with Gasteiger partial charge in [-0.25, -0.2) is 0 Å². The highest BCUT2D eigenvalue weighted by Crippen LogP contribution is 2.62. The fourth-order valence-corrected chi connectivity index (χ4v) is 10.3. The summed E-state index contributed by atoms with van der Waals surface area (Å²) in [4.78, 5) is 44.0. The van der Waals surface area contributed by atoms with E-state index in [9.17, 15) is 35.2 Å². The Morgan fingerprint density at radius 2 is 1.49 bits per heavy atom. The Morgan fingerprint density at radius 1 is 0.845 bits per heavy atom. The van der Waals surface area contributed by atoms with E-state index in [4.69, 9.17) is 24.2 Å². The number of oxime groups is 1. The molecule has 15 heteroatoms. The van der Waals surface area contributed by atoms with Crippen LogP contribution >= 0.6 is 0 Å². The number of amides is 1. The molecule has 1 heterocycles. The lowest BCUT2D eigenvalue weighted by Crippen LogP contribution is -2.69. The van der Waals surface area contributed by atoms with E-state index in [2.05, 4.69) is 24.8 Å². The van der Waals surface area contributed by atoms with E-state index in [1.807, 2.05) is 60.7 Å². The number of non-ortho nitro benzene ring substituents is 2. The van der Waals surface area contributed by atoms with Crippen molar-refractivity contribution in [2.24, 2.45) is 22.9 Å². The highest BCUT2D eigenvalue weighted by molar-refractivity contribution is 6.03. The molecule has 1 saturated carbocycles. The molecule has 5 aromatic carbocycles. The molecule has 0 radical (unpaired) electrons. The zero-order valence-electron chi connectivity index (χ0n) is 39.6. The first-order valence-corrected chi connectivity index (χ1v) is 24.0. The number of carbonyl (C=O) groups excluding carboxylic acids is 1. The van der Waals surface area contributed by atoms with Crippen molar-refractivity contribution in [3.63, 3.8) is 0 Å². The van der Waals surface area contributed by atoms with Crippen molar-refractivity contribution in [2.45, 2.75) is 69.3 Å². The molecule has 2 N–H and O–H groups in total. The second kappa shape index (κ2) is 23.0. The highest BCUT2D eigenvalue weighted by atomic mass is 16.7. The predicted octanol–water partition coefficient (Wildman–Crippen LogP) is 11.0. The van der Waals surface area contributed by atoms with E-state index in [1.54, 1.807) is 48.4 Å². The van der Waals surface area contributed by atoms with Gasteiger partial charge >= 0.3 is 0 Å². The van der Waals surface area contributed by atoms with Gasteiger partial charge in [0.15, 0.2) is 0 Å². The normalized spacial score (nSPS) is 21.6. The van der Waals surface area contributed by atoms with Gasteiger partial charge in [-0.1, -0.05) is 72.6 Å². The Kier molecular flexibility index (Phi) is 16.2. The lowest BCUT2D eigenvalue weighted by atomic mass is 9.55. The van der Waals surface area contributed by atoms with Crippen molar-refractivity contribution in [3.8, 4) is 28.4 Å². The molecule has 6 unspecified atom stereocenters. The average Bonchev–Trinajstić information content (AvgIpc) is 3.39. The molecule has 0 saturated heterocycles. The smallest absolute Gasteiger partial charge is 0.269 e. The summed E-state index contributed by atoms with van der Waals surface area (Å²) in [6.07, 6.45) is 11.2. The van der Waals surface area contributed by atoms with Crippen molar-refractivity contribution in [1.29, 1.82) is 0 Å². The molecule has 3 aliphatic rings. The summed E-state index contributed by atoms with van der Waals surface area (Å²) in [6.45, 7) is 4.17. The number of nitro groups is 2. The molecule has 6 atom stereocenters. The Hall–Kier alpha value is -7.46. The fourth-order valence-electron chi connectivity index (χ4n) is 10.3. The summed E-state index contributed by atoms with van der Waals surface area (Å²) in [5, 5.41) is 47.6. The molecule has 2 aliphatic carbocycles. The Bertz CT molecular complexity index is 2760. The second-order valence-electron chi connectivity index (χ2n) is 18.1. The molecule has 1 fully saturated rings. The van der Waals surface area contributed by atoms with Crippen LogP contribution in [0.25, 0.3) is 17.2 Å². The Morgan fingerprint density at radius 3 is 2.15 bits per heavy atom. The number of aliphatic hydroxyl groups excluding tert-OH is 2. The van der Waals surface area contributed by atoms with Gasteiger partial charge in [0.2, 0.25) is 11.7 Å². The number of hydrogen-bond donors (Lipinski definition) is 2. The number of aliphatic hydroxyl groups is 2. The van der Waals surface area contributed by atoms with Crippen molar-refractivity contribution in [2.75, 3.05) is 26.9 Å². The molecule has 368 valence electrons. The molecule has 1 aliphatic heterocycles. The van der Waals surface area contributed by atoms with Gasteiger partial charge in [0.1, 0.15) is 29.9 Å². The van der Waals surface area contributed by atoms with Crippen molar-refractivity contribution in [3.05, 3.63) is 189 Å². The molecule has 1 amide bonds. The van der Waals surface area contributed by atoms with Crippen LogP contribution in [0.2, 0.25) is 0 Å². The van der Waals surface area contributed by atoms with Crippen LogP contribution in [0.5, 0.6) is 17.2 Å². The lowest BCUT2D eigenvalue weighted by molar-refractivity contribution is -0.385. The van der Waals surface area contributed by atoms with E-state index in [-0.39, 0.29) is 62.0 Å². The van der Waals surface area contributed by atoms with Crippen molar-refractivity contribution >= 4 is 29.1 Å². The van der Waals surface area contributed by atoms with E-state index in [0.29, 0.717) is 46.9 Å². The Balaban J connectivity index is 1.25. The lowest BCUT2D eigenvalue weighted by Gasteiger charge is -2.59. The van der Waals surface area contributed by atoms with Gasteiger partial charge in [0, 0.05) is 68.5 Å². The van der Waals surface area contributed by atoms with E-state index in [0.717, 1.165) is 47.9 Å². The number of carbonyl (C=O) groups is 1. The highest BCUT2D eigenvalue weighted by Gasteiger charge is 2.65. The third-order valence-corrected chi connectivity index (χ3v) is 13.7. The summed E-state index contributed by atoms with van der Waals surface area (Å²) in [7, 11) is 1.68. The van der Waals surface area contributed by atoms with Crippen LogP contribution in [0.4, 0.5) is 11.4 Å². The van der Waals surface area contributed by atoms with Gasteiger partial charge in [0.25, 0.3) is 11.4 Å². The molecule has 0 bridgehead atoms. The number of nitro benzene ring substituents is 2. The SMILES string of the molecule is C=CCOC12Oc3ccc(Oc4ccc(-c5ccccc5)cc4)cc3C3C(CCCCO)C(CCCCO)C=C(C(=NOCc4ccc([N+](=O)[O-])cc4)CC1N(C)C(=O)C=Cc1ccc([N+](=O)[O-])cc1)C32. The van der Waals surface area contributed by atoms with E-state index < -0.39 is 33.5 Å². The van der Waals surface area contributed by atoms with Crippen LogP contribution in [0.15, 0.2) is 157 Å². The first-order chi connectivity index (χ1) is 34.5. The third kappa shape index (κ3) is 11.3. The number of fused-ring (bicyclic) bond motifs is 2. The molecule has 5 aromatic rings. The first-order valence-electron chi connectivity index (χ1n) is 24.0. The topological polar surface area (TPSA) is 196 Å². The number of likely N-dealkylation sites (N-methyl/N-ethyl adjacent to an activating group) is 1. The number of benzene rings is 5. The monoisotopic (exact) mass is 962 g/mol. The second-order valence-corrected chi connectivity index (χ2v) is 18.1. The summed E-state index contributed by atoms with van der Waals surface area (Å²) in [5.41, 5.74) is 5.57. The zero-order chi connectivity index (χ0) is 49.9. The number of rotatable bonds is 22. The number of unbranched alkanes of at least 4 members (excludes halogenated alkanes) is 2. The molecule has 0 aromatic heterocycles. The third-order valence-electron chi connectivity index (χ3n) is 13.7. The Labute approximate surface area is 412 Å². The van der Waals surface area contributed by atoms with Gasteiger partial charge in [-0.05, 0) is 126 Å². The maximum atomic E-state index is 14.5. The van der Waals surface area contributed by atoms with Crippen LogP contribution in [0.3, 0.4) is 0 Å². The zero-order valence-corrected chi connectivity index (χ0v) is 39.6. The number of hydrogen-bond acceptors (Lipinski definition) is 12. The minimum Gasteiger partial charge on any atom is -0.459 e. The van der Waals surface area contributed by atoms with E-state index >= 15 is 0 Å². The van der Waals surface area contributed by atoms with Gasteiger partial charge in [-0.15, -0.1) is 6.58 Å². The number of allylic oxidation sites excluding steroid dienone is 1. The maximum Gasteiger partial charge on any atom is 0.269 e. The largest absolute Gasteiger partial charge is 0.459 e.